The van der Waals surface area contributed by atoms with Crippen molar-refractivity contribution in [2.75, 3.05) is 6.61 Å². The largest absolute Gasteiger partial charge is 0.435 e. The van der Waals surface area contributed by atoms with Gasteiger partial charge in [-0.15, -0.1) is 0 Å². The summed E-state index contributed by atoms with van der Waals surface area (Å²) >= 11 is 0. The van der Waals surface area contributed by atoms with Gasteiger partial charge in [0.25, 0.3) is 0 Å². The SMILES string of the molecule is CCO.Cc1ccc(-c2cc(C(F)(F)F)nn2-c2ccc(S(N)(=O)=O)cc2)cc1. The predicted molar refractivity (Wildman–Crippen MR) is 103 cm³/mol. The van der Waals surface area contributed by atoms with Gasteiger partial charge in [0.1, 0.15) is 0 Å². The molecular formula is C19H20F3N3O3S. The first-order valence-electron chi connectivity index (χ1n) is 8.45. The van der Waals surface area contributed by atoms with Crippen molar-refractivity contribution in [3.8, 4) is 16.9 Å². The summed E-state index contributed by atoms with van der Waals surface area (Å²) in [7, 11) is -3.90. The van der Waals surface area contributed by atoms with Gasteiger partial charge < -0.3 is 5.11 Å². The van der Waals surface area contributed by atoms with Crippen LogP contribution in [0.4, 0.5) is 13.2 Å². The van der Waals surface area contributed by atoms with Crippen LogP contribution >= 0.6 is 0 Å². The van der Waals surface area contributed by atoms with Crippen LogP contribution < -0.4 is 5.14 Å². The average molecular weight is 427 g/mol. The summed E-state index contributed by atoms with van der Waals surface area (Å²) in [5.74, 6) is 0. The Morgan fingerprint density at radius 3 is 2.03 bits per heavy atom. The Labute approximate surface area is 166 Å². The van der Waals surface area contributed by atoms with Crippen LogP contribution in [0, 0.1) is 6.92 Å². The standard InChI is InChI=1S/C17H14F3N3O2S.C2H6O/c1-11-2-4-12(5-3-11)15-10-16(17(18,19)20)22-23(15)13-6-8-14(9-7-13)26(21,24)25;1-2-3/h2-10H,1H3,(H2,21,24,25);3H,2H2,1H3. The first-order chi connectivity index (χ1) is 13.5. The van der Waals surface area contributed by atoms with E-state index < -0.39 is 21.9 Å². The maximum Gasteiger partial charge on any atom is 0.435 e. The van der Waals surface area contributed by atoms with Gasteiger partial charge in [0, 0.05) is 12.2 Å². The molecule has 0 aliphatic rings. The van der Waals surface area contributed by atoms with Crippen LogP contribution in [0.3, 0.4) is 0 Å². The van der Waals surface area contributed by atoms with Crippen molar-refractivity contribution in [1.29, 1.82) is 0 Å². The second-order valence-electron chi connectivity index (χ2n) is 6.05. The van der Waals surface area contributed by atoms with Crippen LogP contribution in [0.25, 0.3) is 16.9 Å². The van der Waals surface area contributed by atoms with Crippen molar-refractivity contribution >= 4 is 10.0 Å². The van der Waals surface area contributed by atoms with E-state index in [0.29, 0.717) is 5.56 Å². The van der Waals surface area contributed by atoms with Gasteiger partial charge in [-0.3, -0.25) is 0 Å². The molecule has 3 rings (SSSR count). The minimum Gasteiger partial charge on any atom is -0.397 e. The Hall–Kier alpha value is -2.69. The summed E-state index contributed by atoms with van der Waals surface area (Å²) < 4.78 is 63.2. The quantitative estimate of drug-likeness (QED) is 0.668. The Morgan fingerprint density at radius 1 is 1.07 bits per heavy atom. The normalized spacial score (nSPS) is 11.7. The molecule has 1 aromatic heterocycles. The molecule has 0 fully saturated rings. The molecule has 10 heteroatoms. The zero-order valence-corrected chi connectivity index (χ0v) is 16.5. The lowest BCUT2D eigenvalue weighted by Crippen LogP contribution is -2.12. The molecule has 0 aliphatic heterocycles. The number of hydrogen-bond donors (Lipinski definition) is 2. The number of nitrogens with two attached hydrogens (primary N) is 1. The number of alkyl halides is 3. The molecule has 156 valence electrons. The van der Waals surface area contributed by atoms with Crippen LogP contribution in [0.5, 0.6) is 0 Å². The third kappa shape index (κ3) is 5.66. The molecule has 0 radical (unpaired) electrons. The summed E-state index contributed by atoms with van der Waals surface area (Å²) in [4.78, 5) is -0.138. The molecule has 6 nitrogen and oxygen atoms in total. The minimum absolute atomic E-state index is 0.138. The van der Waals surface area contributed by atoms with Crippen LogP contribution in [-0.2, 0) is 16.2 Å². The van der Waals surface area contributed by atoms with Crippen molar-refractivity contribution in [3.63, 3.8) is 0 Å². The maximum absolute atomic E-state index is 13.1. The van der Waals surface area contributed by atoms with E-state index in [9.17, 15) is 21.6 Å². The first kappa shape index (κ1) is 22.6. The van der Waals surface area contributed by atoms with E-state index >= 15 is 0 Å². The number of nitrogens with zero attached hydrogens (tertiary/aromatic N) is 2. The van der Waals surface area contributed by atoms with E-state index in [1.165, 1.54) is 24.3 Å². The summed E-state index contributed by atoms with van der Waals surface area (Å²) in [5.41, 5.74) is 0.996. The molecule has 0 aliphatic carbocycles. The number of aryl methyl sites for hydroxylation is 1. The molecule has 0 bridgehead atoms. The van der Waals surface area contributed by atoms with Gasteiger partial charge in [-0.2, -0.15) is 18.3 Å². The van der Waals surface area contributed by atoms with Gasteiger partial charge in [0.2, 0.25) is 10.0 Å². The predicted octanol–water partition coefficient (Wildman–Crippen LogP) is 3.51. The molecule has 3 aromatic rings. The number of sulfonamides is 1. The monoisotopic (exact) mass is 427 g/mol. The number of rotatable bonds is 3. The van der Waals surface area contributed by atoms with Crippen molar-refractivity contribution in [2.24, 2.45) is 5.14 Å². The second-order valence-corrected chi connectivity index (χ2v) is 7.61. The molecule has 0 spiro atoms. The molecule has 1 heterocycles. The highest BCUT2D eigenvalue weighted by molar-refractivity contribution is 7.89. The van der Waals surface area contributed by atoms with Crippen LogP contribution in [0.15, 0.2) is 59.5 Å². The highest BCUT2D eigenvalue weighted by Crippen LogP contribution is 2.33. The van der Waals surface area contributed by atoms with Crippen molar-refractivity contribution in [1.82, 2.24) is 9.78 Å². The minimum atomic E-state index is -4.61. The molecule has 0 saturated heterocycles. The number of benzene rings is 2. The lowest BCUT2D eigenvalue weighted by molar-refractivity contribution is -0.141. The first-order valence-corrected chi connectivity index (χ1v) is 10.0. The van der Waals surface area contributed by atoms with Gasteiger partial charge >= 0.3 is 6.18 Å². The third-order valence-electron chi connectivity index (χ3n) is 3.76. The summed E-state index contributed by atoms with van der Waals surface area (Å²) in [6, 6.07) is 13.1. The number of primary sulfonamides is 1. The smallest absolute Gasteiger partial charge is 0.397 e. The van der Waals surface area contributed by atoms with E-state index in [2.05, 4.69) is 5.10 Å². The molecule has 0 atom stereocenters. The van der Waals surface area contributed by atoms with E-state index in [1.807, 2.05) is 6.92 Å². The van der Waals surface area contributed by atoms with E-state index in [0.717, 1.165) is 16.3 Å². The highest BCUT2D eigenvalue weighted by atomic mass is 32.2. The number of halogens is 3. The summed E-state index contributed by atoms with van der Waals surface area (Å²) in [6.45, 7) is 3.80. The Kier molecular flexibility index (Phi) is 6.83. The number of hydrogen-bond acceptors (Lipinski definition) is 4. The summed E-state index contributed by atoms with van der Waals surface area (Å²) in [6.07, 6.45) is -4.61. The fourth-order valence-electron chi connectivity index (χ4n) is 2.42. The van der Waals surface area contributed by atoms with Crippen LogP contribution in [-0.4, -0.2) is 29.9 Å². The maximum atomic E-state index is 13.1. The van der Waals surface area contributed by atoms with Gasteiger partial charge in [-0.25, -0.2) is 18.2 Å². The van der Waals surface area contributed by atoms with E-state index in [1.54, 1.807) is 31.2 Å². The number of aromatic nitrogens is 2. The Balaban J connectivity index is 0.000000941. The number of aliphatic hydroxyl groups is 1. The molecular weight excluding hydrogens is 407 g/mol. The summed E-state index contributed by atoms with van der Waals surface area (Å²) in [5, 5.41) is 16.3. The van der Waals surface area contributed by atoms with Gasteiger partial charge in [-0.1, -0.05) is 29.8 Å². The lowest BCUT2D eigenvalue weighted by atomic mass is 10.1. The van der Waals surface area contributed by atoms with Crippen LogP contribution in [0.1, 0.15) is 18.2 Å². The van der Waals surface area contributed by atoms with Crippen molar-refractivity contribution < 1.29 is 26.7 Å². The van der Waals surface area contributed by atoms with Crippen LogP contribution in [0.2, 0.25) is 0 Å². The zero-order valence-electron chi connectivity index (χ0n) is 15.7. The van der Waals surface area contributed by atoms with Gasteiger partial charge in [0.05, 0.1) is 16.3 Å². The molecule has 0 unspecified atom stereocenters. The average Bonchev–Trinajstić information content (AvgIpc) is 3.08. The van der Waals surface area contributed by atoms with E-state index in [4.69, 9.17) is 10.2 Å². The Bertz CT molecular complexity index is 1060. The van der Waals surface area contributed by atoms with Gasteiger partial charge in [0.15, 0.2) is 5.69 Å². The number of aliphatic hydroxyl groups excluding tert-OH is 1. The fraction of sp³-hybridized carbons (Fsp3) is 0.211. The highest BCUT2D eigenvalue weighted by Gasteiger charge is 2.35. The third-order valence-corrected chi connectivity index (χ3v) is 4.69. The lowest BCUT2D eigenvalue weighted by Gasteiger charge is -2.09. The van der Waals surface area contributed by atoms with E-state index in [-0.39, 0.29) is 22.9 Å². The second kappa shape index (κ2) is 8.76. The topological polar surface area (TPSA) is 98.2 Å². The Morgan fingerprint density at radius 2 is 1.59 bits per heavy atom. The molecule has 3 N–H and O–H groups in total. The molecule has 29 heavy (non-hydrogen) atoms. The van der Waals surface area contributed by atoms with Crippen molar-refractivity contribution in [2.45, 2.75) is 24.9 Å². The molecule has 0 saturated carbocycles. The zero-order chi connectivity index (χ0) is 21.8. The van der Waals surface area contributed by atoms with Gasteiger partial charge in [-0.05, 0) is 44.2 Å². The molecule has 2 aromatic carbocycles. The van der Waals surface area contributed by atoms with Crippen molar-refractivity contribution in [3.05, 3.63) is 65.9 Å². The fourth-order valence-corrected chi connectivity index (χ4v) is 2.94. The molecule has 0 amide bonds.